The lowest BCUT2D eigenvalue weighted by Crippen LogP contribution is -2.31. The van der Waals surface area contributed by atoms with E-state index >= 15 is 0 Å². The van der Waals surface area contributed by atoms with Crippen LogP contribution in [0, 0.1) is 0 Å². The van der Waals surface area contributed by atoms with Crippen LogP contribution >= 0.6 is 11.6 Å². The molecule has 0 bridgehead atoms. The molecule has 0 spiro atoms. The minimum Gasteiger partial charge on any atom is -0.363 e. The van der Waals surface area contributed by atoms with Gasteiger partial charge in [-0.25, -0.2) is 0 Å². The van der Waals surface area contributed by atoms with E-state index in [-0.39, 0.29) is 18.2 Å². The first-order valence-electron chi connectivity index (χ1n) is 9.63. The van der Waals surface area contributed by atoms with Gasteiger partial charge >= 0.3 is 0 Å². The monoisotopic (exact) mass is 430 g/mol. The average molecular weight is 431 g/mol. The molecule has 1 amide bonds. The first-order valence-corrected chi connectivity index (χ1v) is 10.0. The number of carbonyl (C=O) groups excluding carboxylic acids is 2. The SMILES string of the molecule is CN(CC(=O)Nc1ccc(Cl)cc1)c1c(C(=O)c2ccccc2)cnc2cccnc12. The van der Waals surface area contributed by atoms with Crippen LogP contribution in [0.3, 0.4) is 0 Å². The van der Waals surface area contributed by atoms with Gasteiger partial charge < -0.3 is 10.2 Å². The van der Waals surface area contributed by atoms with Gasteiger partial charge in [-0.1, -0.05) is 41.9 Å². The summed E-state index contributed by atoms with van der Waals surface area (Å²) in [5, 5.41) is 3.43. The zero-order valence-electron chi connectivity index (χ0n) is 16.7. The Bertz CT molecular complexity index is 1240. The van der Waals surface area contributed by atoms with Crippen LogP contribution in [0.2, 0.25) is 5.02 Å². The van der Waals surface area contributed by atoms with Crippen LogP contribution in [0.4, 0.5) is 11.4 Å². The Morgan fingerprint density at radius 3 is 2.45 bits per heavy atom. The van der Waals surface area contributed by atoms with E-state index < -0.39 is 0 Å². The summed E-state index contributed by atoms with van der Waals surface area (Å²) in [7, 11) is 1.76. The van der Waals surface area contributed by atoms with Gasteiger partial charge in [-0.2, -0.15) is 0 Å². The number of benzene rings is 2. The Morgan fingerprint density at radius 2 is 1.71 bits per heavy atom. The normalized spacial score (nSPS) is 10.6. The van der Waals surface area contributed by atoms with Gasteiger partial charge in [0.25, 0.3) is 0 Å². The lowest BCUT2D eigenvalue weighted by atomic mass is 10.0. The van der Waals surface area contributed by atoms with Crippen molar-refractivity contribution in [1.29, 1.82) is 0 Å². The lowest BCUT2D eigenvalue weighted by Gasteiger charge is -2.22. The summed E-state index contributed by atoms with van der Waals surface area (Å²) in [6, 6.07) is 19.5. The molecule has 0 unspecified atom stereocenters. The summed E-state index contributed by atoms with van der Waals surface area (Å²) >= 11 is 5.90. The van der Waals surface area contributed by atoms with Gasteiger partial charge in [0.2, 0.25) is 5.91 Å². The number of carbonyl (C=O) groups is 2. The molecule has 2 aromatic carbocycles. The van der Waals surface area contributed by atoms with E-state index in [9.17, 15) is 9.59 Å². The predicted octanol–water partition coefficient (Wildman–Crippen LogP) is 4.59. The number of nitrogens with one attached hydrogen (secondary N) is 1. The molecule has 6 nitrogen and oxygen atoms in total. The van der Waals surface area contributed by atoms with E-state index in [4.69, 9.17) is 11.6 Å². The molecule has 0 radical (unpaired) electrons. The van der Waals surface area contributed by atoms with Crippen LogP contribution in [0.5, 0.6) is 0 Å². The van der Waals surface area contributed by atoms with Gasteiger partial charge in [0.15, 0.2) is 5.78 Å². The van der Waals surface area contributed by atoms with Crippen molar-refractivity contribution in [3.8, 4) is 0 Å². The van der Waals surface area contributed by atoms with Crippen LogP contribution in [-0.4, -0.2) is 35.3 Å². The smallest absolute Gasteiger partial charge is 0.243 e. The van der Waals surface area contributed by atoms with Crippen LogP contribution < -0.4 is 10.2 Å². The highest BCUT2D eigenvalue weighted by atomic mass is 35.5. The van der Waals surface area contributed by atoms with Crippen LogP contribution in [0.15, 0.2) is 79.1 Å². The number of hydrogen-bond acceptors (Lipinski definition) is 5. The minimum atomic E-state index is -0.233. The molecule has 2 aromatic heterocycles. The highest BCUT2D eigenvalue weighted by molar-refractivity contribution is 6.30. The first-order chi connectivity index (χ1) is 15.0. The molecule has 7 heteroatoms. The first kappa shape index (κ1) is 20.5. The van der Waals surface area contributed by atoms with Crippen molar-refractivity contribution in [3.05, 3.63) is 95.3 Å². The summed E-state index contributed by atoms with van der Waals surface area (Å²) in [6.07, 6.45) is 3.19. The zero-order chi connectivity index (χ0) is 21.8. The maximum Gasteiger partial charge on any atom is 0.243 e. The van der Waals surface area contributed by atoms with E-state index in [1.54, 1.807) is 66.8 Å². The molecular weight excluding hydrogens is 412 g/mol. The molecule has 0 fully saturated rings. The Kier molecular flexibility index (Phi) is 5.91. The van der Waals surface area contributed by atoms with Crippen molar-refractivity contribution in [1.82, 2.24) is 9.97 Å². The summed E-state index contributed by atoms with van der Waals surface area (Å²) in [6.45, 7) is 0.0212. The third-order valence-electron chi connectivity index (χ3n) is 4.77. The molecule has 31 heavy (non-hydrogen) atoms. The van der Waals surface area contributed by atoms with Gasteiger partial charge in [0.1, 0.15) is 5.52 Å². The second-order valence-corrected chi connectivity index (χ2v) is 7.43. The number of aromatic nitrogens is 2. The van der Waals surface area contributed by atoms with Crippen molar-refractivity contribution in [3.63, 3.8) is 0 Å². The Labute approximate surface area is 184 Å². The van der Waals surface area contributed by atoms with Crippen molar-refractivity contribution in [2.75, 3.05) is 23.8 Å². The number of halogens is 1. The summed E-state index contributed by atoms with van der Waals surface area (Å²) in [5.41, 5.74) is 3.34. The summed E-state index contributed by atoms with van der Waals surface area (Å²) < 4.78 is 0. The van der Waals surface area contributed by atoms with Gasteiger partial charge in [-0.15, -0.1) is 0 Å². The van der Waals surface area contributed by atoms with E-state index in [1.165, 1.54) is 0 Å². The Hall–Kier alpha value is -3.77. The van der Waals surface area contributed by atoms with E-state index in [1.807, 2.05) is 24.3 Å². The highest BCUT2D eigenvalue weighted by Gasteiger charge is 2.22. The zero-order valence-corrected chi connectivity index (χ0v) is 17.5. The van der Waals surface area contributed by atoms with Crippen LogP contribution in [0.25, 0.3) is 11.0 Å². The number of nitrogens with zero attached hydrogens (tertiary/aromatic N) is 3. The third-order valence-corrected chi connectivity index (χ3v) is 5.02. The number of ketones is 1. The largest absolute Gasteiger partial charge is 0.363 e. The quantitative estimate of drug-likeness (QED) is 0.453. The van der Waals surface area contributed by atoms with Gasteiger partial charge in [0, 0.05) is 35.7 Å². The van der Waals surface area contributed by atoms with Gasteiger partial charge in [-0.3, -0.25) is 19.6 Å². The number of pyridine rings is 2. The predicted molar refractivity (Wildman–Crippen MR) is 123 cm³/mol. The molecule has 0 aliphatic heterocycles. The van der Waals surface area contributed by atoms with E-state index in [0.29, 0.717) is 38.6 Å². The molecule has 0 atom stereocenters. The molecular formula is C24H19ClN4O2. The molecule has 0 saturated heterocycles. The fourth-order valence-corrected chi connectivity index (χ4v) is 3.46. The standard InChI is InChI=1S/C24H19ClN4O2/c1-29(15-21(30)28-18-11-9-17(25)10-12-18)23-19(24(31)16-6-3-2-4-7-16)14-27-20-8-5-13-26-22(20)23/h2-14H,15H2,1H3,(H,28,30). The number of anilines is 2. The van der Waals surface area contributed by atoms with E-state index in [2.05, 4.69) is 15.3 Å². The maximum absolute atomic E-state index is 13.2. The van der Waals surface area contributed by atoms with Crippen LogP contribution in [0.1, 0.15) is 15.9 Å². The lowest BCUT2D eigenvalue weighted by molar-refractivity contribution is -0.114. The average Bonchev–Trinajstić information content (AvgIpc) is 2.79. The van der Waals surface area contributed by atoms with Gasteiger partial charge in [-0.05, 0) is 36.4 Å². The van der Waals surface area contributed by atoms with Crippen molar-refractivity contribution in [2.24, 2.45) is 0 Å². The number of fused-ring (bicyclic) bond motifs is 1. The number of rotatable bonds is 6. The molecule has 0 aliphatic rings. The second-order valence-electron chi connectivity index (χ2n) is 7.00. The molecule has 0 aliphatic carbocycles. The van der Waals surface area contributed by atoms with Crippen molar-refractivity contribution in [2.45, 2.75) is 0 Å². The molecule has 0 saturated carbocycles. The fourth-order valence-electron chi connectivity index (χ4n) is 3.33. The molecule has 154 valence electrons. The fraction of sp³-hybridized carbons (Fsp3) is 0.0833. The van der Waals surface area contributed by atoms with E-state index in [0.717, 1.165) is 0 Å². The van der Waals surface area contributed by atoms with Crippen molar-refractivity contribution < 1.29 is 9.59 Å². The Balaban J connectivity index is 1.68. The molecule has 4 rings (SSSR count). The third kappa shape index (κ3) is 4.54. The second kappa shape index (κ2) is 8.93. The molecule has 4 aromatic rings. The number of hydrogen-bond donors (Lipinski definition) is 1. The maximum atomic E-state index is 13.2. The summed E-state index contributed by atoms with van der Waals surface area (Å²) in [4.78, 5) is 36.4. The number of amides is 1. The van der Waals surface area contributed by atoms with Crippen molar-refractivity contribution >= 4 is 45.7 Å². The summed E-state index contributed by atoms with van der Waals surface area (Å²) in [5.74, 6) is -0.413. The molecule has 2 heterocycles. The minimum absolute atomic E-state index is 0.0212. The number of likely N-dealkylation sites (N-methyl/N-ethyl adjacent to an activating group) is 1. The van der Waals surface area contributed by atoms with Gasteiger partial charge in [0.05, 0.1) is 23.3 Å². The topological polar surface area (TPSA) is 75.2 Å². The van der Waals surface area contributed by atoms with Crippen LogP contribution in [-0.2, 0) is 4.79 Å². The Morgan fingerprint density at radius 1 is 0.968 bits per heavy atom. The highest BCUT2D eigenvalue weighted by Crippen LogP contribution is 2.29. The molecule has 1 N–H and O–H groups in total.